The van der Waals surface area contributed by atoms with Gasteiger partial charge in [0.05, 0.1) is 0 Å². The Bertz CT molecular complexity index is 434. The number of nitrogens with zero attached hydrogens (tertiary/aromatic N) is 1. The van der Waals surface area contributed by atoms with Gasteiger partial charge in [0, 0.05) is 11.6 Å². The van der Waals surface area contributed by atoms with Crippen molar-refractivity contribution in [2.45, 2.75) is 32.4 Å². The van der Waals surface area contributed by atoms with Crippen LogP contribution in [-0.2, 0) is 5.66 Å². The lowest BCUT2D eigenvalue weighted by Crippen LogP contribution is -2.45. The molecule has 0 bridgehead atoms. The predicted octanol–water partition coefficient (Wildman–Crippen LogP) is 3.01. The average Bonchev–Trinajstić information content (AvgIpc) is 2.63. The number of hydrogen-bond donors (Lipinski definition) is 2. The van der Waals surface area contributed by atoms with Crippen LogP contribution in [0.4, 0.5) is 0 Å². The molecule has 5 heteroatoms. The van der Waals surface area contributed by atoms with E-state index in [1.165, 1.54) is 0 Å². The van der Waals surface area contributed by atoms with Crippen LogP contribution in [0.5, 0.6) is 0 Å². The van der Waals surface area contributed by atoms with Crippen molar-refractivity contribution in [1.82, 2.24) is 15.8 Å². The van der Waals surface area contributed by atoms with E-state index >= 15 is 0 Å². The van der Waals surface area contributed by atoms with Gasteiger partial charge in [0.25, 0.3) is 0 Å². The van der Waals surface area contributed by atoms with Crippen molar-refractivity contribution in [3.05, 3.63) is 34.9 Å². The first-order valence-corrected chi connectivity index (χ1v) is 6.97. The van der Waals surface area contributed by atoms with Crippen molar-refractivity contribution >= 4 is 28.9 Å². The summed E-state index contributed by atoms with van der Waals surface area (Å²) in [6.45, 7) is 5.17. The third-order valence-electron chi connectivity index (χ3n) is 3.12. The van der Waals surface area contributed by atoms with Crippen LogP contribution >= 0.6 is 23.8 Å². The zero-order chi connectivity index (χ0) is 13.2. The molecular formula is C13H18ClN3S. The second kappa shape index (κ2) is 5.43. The molecule has 1 saturated heterocycles. The van der Waals surface area contributed by atoms with E-state index in [1.807, 2.05) is 29.3 Å². The second-order valence-corrected chi connectivity index (χ2v) is 5.50. The molecule has 1 heterocycles. The Hall–Kier alpha value is -0.840. The molecule has 0 unspecified atom stereocenters. The first kappa shape index (κ1) is 13.6. The summed E-state index contributed by atoms with van der Waals surface area (Å²) >= 11 is 11.3. The Balaban J connectivity index is 2.13. The van der Waals surface area contributed by atoms with Gasteiger partial charge < -0.3 is 5.32 Å². The molecule has 3 nitrogen and oxygen atoms in total. The van der Waals surface area contributed by atoms with E-state index in [0.29, 0.717) is 0 Å². The van der Waals surface area contributed by atoms with E-state index in [9.17, 15) is 0 Å². The number of unbranched alkanes of at least 4 members (excludes halogenated alkanes) is 1. The van der Waals surface area contributed by atoms with E-state index in [2.05, 4.69) is 24.6 Å². The lowest BCUT2D eigenvalue weighted by molar-refractivity contribution is 0.233. The van der Waals surface area contributed by atoms with Gasteiger partial charge in [-0.1, -0.05) is 37.1 Å². The van der Waals surface area contributed by atoms with Crippen molar-refractivity contribution in [1.29, 1.82) is 0 Å². The second-order valence-electron chi connectivity index (χ2n) is 4.68. The van der Waals surface area contributed by atoms with Gasteiger partial charge in [-0.3, -0.25) is 5.01 Å². The Morgan fingerprint density at radius 3 is 2.61 bits per heavy atom. The summed E-state index contributed by atoms with van der Waals surface area (Å²) in [5.41, 5.74) is 4.19. The fourth-order valence-electron chi connectivity index (χ4n) is 2.02. The molecule has 0 aliphatic carbocycles. The maximum absolute atomic E-state index is 5.91. The van der Waals surface area contributed by atoms with Crippen LogP contribution in [0.3, 0.4) is 0 Å². The van der Waals surface area contributed by atoms with Crippen molar-refractivity contribution in [3.8, 4) is 0 Å². The Morgan fingerprint density at radius 2 is 2.00 bits per heavy atom. The summed E-state index contributed by atoms with van der Waals surface area (Å²) in [5, 5.41) is 6.83. The van der Waals surface area contributed by atoms with Crippen LogP contribution < -0.4 is 10.7 Å². The fraction of sp³-hybridized carbons (Fsp3) is 0.462. The molecule has 1 fully saturated rings. The van der Waals surface area contributed by atoms with Crippen molar-refractivity contribution < 1.29 is 0 Å². The highest BCUT2D eigenvalue weighted by atomic mass is 35.5. The average molecular weight is 284 g/mol. The first-order chi connectivity index (χ1) is 8.55. The van der Waals surface area contributed by atoms with Crippen LogP contribution in [0.2, 0.25) is 5.02 Å². The van der Waals surface area contributed by atoms with Crippen LogP contribution in [0, 0.1) is 0 Å². The van der Waals surface area contributed by atoms with Crippen molar-refractivity contribution in [3.63, 3.8) is 0 Å². The van der Waals surface area contributed by atoms with Crippen LogP contribution in [0.15, 0.2) is 24.3 Å². The number of nitrogens with one attached hydrogen (secondary N) is 2. The van der Waals surface area contributed by atoms with E-state index in [1.54, 1.807) is 0 Å². The molecule has 1 aliphatic heterocycles. The summed E-state index contributed by atoms with van der Waals surface area (Å²) in [5.74, 6) is 0. The fourth-order valence-corrected chi connectivity index (χ4v) is 2.49. The monoisotopic (exact) mass is 283 g/mol. The lowest BCUT2D eigenvalue weighted by atomic mass is 10.0. The zero-order valence-electron chi connectivity index (χ0n) is 10.7. The number of halogens is 1. The smallest absolute Gasteiger partial charge is 0.185 e. The van der Waals surface area contributed by atoms with Crippen molar-refractivity contribution in [2.24, 2.45) is 0 Å². The minimum absolute atomic E-state index is 0.352. The van der Waals surface area contributed by atoms with E-state index < -0.39 is 0 Å². The molecular weight excluding hydrogens is 266 g/mol. The topological polar surface area (TPSA) is 27.3 Å². The molecule has 1 aromatic carbocycles. The van der Waals surface area contributed by atoms with Gasteiger partial charge in [0.2, 0.25) is 0 Å². The van der Waals surface area contributed by atoms with Gasteiger partial charge in [-0.15, -0.1) is 0 Å². The highest BCUT2D eigenvalue weighted by molar-refractivity contribution is 7.80. The zero-order valence-corrected chi connectivity index (χ0v) is 12.2. The number of thiocarbonyl (C=S) groups is 1. The van der Waals surface area contributed by atoms with Gasteiger partial charge in [-0.05, 0) is 43.3 Å². The molecule has 0 amide bonds. The summed E-state index contributed by atoms with van der Waals surface area (Å²) in [7, 11) is 0. The normalized spacial score (nSPS) is 23.3. The lowest BCUT2D eigenvalue weighted by Gasteiger charge is -2.26. The van der Waals surface area contributed by atoms with Gasteiger partial charge in [-0.25, -0.2) is 5.43 Å². The third kappa shape index (κ3) is 2.76. The molecule has 1 aromatic rings. The minimum atomic E-state index is -0.352. The van der Waals surface area contributed by atoms with E-state index in [0.717, 1.165) is 35.1 Å². The molecule has 2 rings (SSSR count). The van der Waals surface area contributed by atoms with Crippen molar-refractivity contribution in [2.75, 3.05) is 6.54 Å². The molecule has 0 spiro atoms. The summed E-state index contributed by atoms with van der Waals surface area (Å²) in [6, 6.07) is 7.80. The molecule has 1 aliphatic rings. The first-order valence-electron chi connectivity index (χ1n) is 6.19. The summed E-state index contributed by atoms with van der Waals surface area (Å²) in [4.78, 5) is 0. The van der Waals surface area contributed by atoms with Crippen LogP contribution in [-0.4, -0.2) is 16.7 Å². The SMILES string of the molecule is CCCCN1N[C@](C)(c2ccc(Cl)cc2)NC1=S. The number of rotatable bonds is 4. The van der Waals surface area contributed by atoms with Gasteiger partial charge in [-0.2, -0.15) is 0 Å². The third-order valence-corrected chi connectivity index (χ3v) is 3.69. The molecule has 0 radical (unpaired) electrons. The highest BCUT2D eigenvalue weighted by Crippen LogP contribution is 2.24. The molecule has 98 valence electrons. The number of hydrogen-bond acceptors (Lipinski definition) is 2. The maximum Gasteiger partial charge on any atom is 0.185 e. The highest BCUT2D eigenvalue weighted by Gasteiger charge is 2.36. The number of benzene rings is 1. The number of hydrazine groups is 1. The predicted molar refractivity (Wildman–Crippen MR) is 79.3 cm³/mol. The Kier molecular flexibility index (Phi) is 4.10. The molecule has 18 heavy (non-hydrogen) atoms. The standard InChI is InChI=1S/C13H18ClN3S/c1-3-4-9-17-12(18)15-13(2,16-17)10-5-7-11(14)8-6-10/h5-8,16H,3-4,9H2,1-2H3,(H,15,18)/t13-/m1/s1. The van der Waals surface area contributed by atoms with E-state index in [-0.39, 0.29) is 5.66 Å². The van der Waals surface area contributed by atoms with Crippen LogP contribution in [0.1, 0.15) is 32.3 Å². The largest absolute Gasteiger partial charge is 0.338 e. The van der Waals surface area contributed by atoms with E-state index in [4.69, 9.17) is 23.8 Å². The quantitative estimate of drug-likeness (QED) is 0.831. The van der Waals surface area contributed by atoms with Crippen LogP contribution in [0.25, 0.3) is 0 Å². The molecule has 0 saturated carbocycles. The summed E-state index contributed by atoms with van der Waals surface area (Å²) in [6.07, 6.45) is 2.27. The molecule has 1 atom stereocenters. The molecule has 0 aromatic heterocycles. The van der Waals surface area contributed by atoms with Gasteiger partial charge in [0.15, 0.2) is 5.11 Å². The van der Waals surface area contributed by atoms with Gasteiger partial charge in [0.1, 0.15) is 5.66 Å². The molecule has 2 N–H and O–H groups in total. The summed E-state index contributed by atoms with van der Waals surface area (Å²) < 4.78 is 0. The van der Waals surface area contributed by atoms with Gasteiger partial charge >= 0.3 is 0 Å². The minimum Gasteiger partial charge on any atom is -0.338 e. The Labute approximate surface area is 118 Å². The Morgan fingerprint density at radius 1 is 1.33 bits per heavy atom. The maximum atomic E-state index is 5.91.